The molecule has 0 fully saturated rings. The first-order valence-electron chi connectivity index (χ1n) is 7.65. The van der Waals surface area contributed by atoms with Crippen molar-refractivity contribution in [3.8, 4) is 0 Å². The normalized spacial score (nSPS) is 11.5. The van der Waals surface area contributed by atoms with Crippen LogP contribution in [0.5, 0.6) is 0 Å². The van der Waals surface area contributed by atoms with Gasteiger partial charge >= 0.3 is 0 Å². The number of hydrogen-bond acceptors (Lipinski definition) is 0. The molecule has 0 radical (unpaired) electrons. The van der Waals surface area contributed by atoms with Gasteiger partial charge in [0.1, 0.15) is 0 Å². The summed E-state index contributed by atoms with van der Waals surface area (Å²) in [6.45, 7) is 0. The first-order valence-corrected chi connectivity index (χ1v) is 8.44. The third-order valence-corrected chi connectivity index (χ3v) is 4.81. The molecule has 0 saturated heterocycles. The van der Waals surface area contributed by atoms with Crippen LogP contribution in [0.4, 0.5) is 0 Å². The van der Waals surface area contributed by atoms with E-state index in [1.165, 1.54) is 32.7 Å². The van der Waals surface area contributed by atoms with Crippen molar-refractivity contribution >= 4 is 49.6 Å². The van der Waals surface area contributed by atoms with Gasteiger partial charge in [-0.3, -0.25) is 0 Å². The summed E-state index contributed by atoms with van der Waals surface area (Å²) in [5, 5.41) is 5.13. The molecule has 23 heavy (non-hydrogen) atoms. The van der Waals surface area contributed by atoms with Crippen molar-refractivity contribution in [3.05, 3.63) is 94.5 Å². The number of halogens is 1. The Morgan fingerprint density at radius 2 is 1.22 bits per heavy atom. The standard InChI is InChI=1S/C22H15Br/c23-22-8-4-3-5-17(22)11-9-16-10-12-20-14-18-6-1-2-7-19(18)15-21(20)13-16/h1-15H. The summed E-state index contributed by atoms with van der Waals surface area (Å²) in [5.41, 5.74) is 2.40. The molecule has 0 nitrogen and oxygen atoms in total. The van der Waals surface area contributed by atoms with E-state index in [4.69, 9.17) is 0 Å². The molecule has 0 bridgehead atoms. The smallest absolute Gasteiger partial charge is 0.0247 e. The van der Waals surface area contributed by atoms with Crippen LogP contribution < -0.4 is 0 Å². The predicted molar refractivity (Wildman–Crippen MR) is 105 cm³/mol. The minimum atomic E-state index is 1.11. The van der Waals surface area contributed by atoms with Crippen molar-refractivity contribution < 1.29 is 0 Å². The second kappa shape index (κ2) is 6.02. The van der Waals surface area contributed by atoms with Gasteiger partial charge in [0.05, 0.1) is 0 Å². The molecule has 0 aliphatic heterocycles. The maximum Gasteiger partial charge on any atom is 0.0247 e. The number of benzene rings is 4. The summed E-state index contributed by atoms with van der Waals surface area (Å²) in [5.74, 6) is 0. The number of rotatable bonds is 2. The minimum absolute atomic E-state index is 1.11. The molecule has 110 valence electrons. The van der Waals surface area contributed by atoms with Crippen molar-refractivity contribution in [2.24, 2.45) is 0 Å². The SMILES string of the molecule is Brc1ccccc1C=Cc1ccc2cc3ccccc3cc2c1. The lowest BCUT2D eigenvalue weighted by atomic mass is 10.0. The molecular weight excluding hydrogens is 344 g/mol. The van der Waals surface area contributed by atoms with E-state index < -0.39 is 0 Å². The van der Waals surface area contributed by atoms with Gasteiger partial charge in [0, 0.05) is 4.47 Å². The van der Waals surface area contributed by atoms with E-state index in [-0.39, 0.29) is 0 Å². The molecule has 0 spiro atoms. The molecule has 0 unspecified atom stereocenters. The van der Waals surface area contributed by atoms with Crippen LogP contribution in [0.3, 0.4) is 0 Å². The zero-order chi connectivity index (χ0) is 15.6. The highest BCUT2D eigenvalue weighted by atomic mass is 79.9. The second-order valence-corrected chi connectivity index (χ2v) is 6.52. The highest BCUT2D eigenvalue weighted by molar-refractivity contribution is 9.10. The van der Waals surface area contributed by atoms with Gasteiger partial charge in [-0.25, -0.2) is 0 Å². The molecule has 0 aliphatic rings. The van der Waals surface area contributed by atoms with E-state index in [2.05, 4.69) is 101 Å². The Labute approximate surface area is 144 Å². The average Bonchev–Trinajstić information content (AvgIpc) is 2.59. The topological polar surface area (TPSA) is 0 Å². The van der Waals surface area contributed by atoms with Crippen LogP contribution in [0, 0.1) is 0 Å². The Hall–Kier alpha value is -2.38. The summed E-state index contributed by atoms with van der Waals surface area (Å²) >= 11 is 3.59. The summed E-state index contributed by atoms with van der Waals surface area (Å²) in [6, 6.07) is 27.9. The summed E-state index contributed by atoms with van der Waals surface area (Å²) in [6.07, 6.45) is 4.31. The van der Waals surface area contributed by atoms with E-state index in [9.17, 15) is 0 Å². The fourth-order valence-corrected chi connectivity index (χ4v) is 3.28. The molecule has 1 heteroatoms. The van der Waals surface area contributed by atoms with Crippen molar-refractivity contribution in [1.29, 1.82) is 0 Å². The van der Waals surface area contributed by atoms with Crippen LogP contribution in [-0.2, 0) is 0 Å². The van der Waals surface area contributed by atoms with Crippen LogP contribution in [0.15, 0.2) is 83.3 Å². The third kappa shape index (κ3) is 2.93. The first-order chi connectivity index (χ1) is 11.3. The maximum absolute atomic E-state index is 3.59. The van der Waals surface area contributed by atoms with Gasteiger partial charge in [0.25, 0.3) is 0 Å². The number of fused-ring (bicyclic) bond motifs is 2. The van der Waals surface area contributed by atoms with E-state index in [1.807, 2.05) is 6.07 Å². The van der Waals surface area contributed by atoms with E-state index in [0.717, 1.165) is 4.47 Å². The minimum Gasteiger partial charge on any atom is -0.0616 e. The first kappa shape index (κ1) is 14.2. The lowest BCUT2D eigenvalue weighted by molar-refractivity contribution is 1.60. The van der Waals surface area contributed by atoms with E-state index >= 15 is 0 Å². The lowest BCUT2D eigenvalue weighted by Crippen LogP contribution is -1.79. The van der Waals surface area contributed by atoms with Crippen molar-refractivity contribution in [3.63, 3.8) is 0 Å². The highest BCUT2D eigenvalue weighted by Crippen LogP contribution is 2.25. The monoisotopic (exact) mass is 358 g/mol. The zero-order valence-electron chi connectivity index (χ0n) is 12.5. The summed E-state index contributed by atoms with van der Waals surface area (Å²) < 4.78 is 1.11. The Bertz CT molecular complexity index is 1030. The van der Waals surface area contributed by atoms with E-state index in [0.29, 0.717) is 0 Å². The molecule has 0 amide bonds. The Morgan fingerprint density at radius 3 is 2.00 bits per heavy atom. The van der Waals surface area contributed by atoms with Crippen LogP contribution in [0.25, 0.3) is 33.7 Å². The van der Waals surface area contributed by atoms with Crippen LogP contribution >= 0.6 is 15.9 Å². The molecule has 0 aromatic heterocycles. The van der Waals surface area contributed by atoms with Crippen molar-refractivity contribution in [2.75, 3.05) is 0 Å². The second-order valence-electron chi connectivity index (χ2n) is 5.66. The van der Waals surface area contributed by atoms with Crippen LogP contribution in [0.1, 0.15) is 11.1 Å². The van der Waals surface area contributed by atoms with Gasteiger partial charge in [-0.1, -0.05) is 82.7 Å². The Morgan fingerprint density at radius 1 is 0.565 bits per heavy atom. The quantitative estimate of drug-likeness (QED) is 0.269. The molecule has 4 aromatic rings. The fourth-order valence-electron chi connectivity index (χ4n) is 2.86. The molecule has 4 rings (SSSR count). The van der Waals surface area contributed by atoms with Gasteiger partial charge in [-0.15, -0.1) is 0 Å². The molecule has 0 saturated carbocycles. The van der Waals surface area contributed by atoms with Crippen LogP contribution in [-0.4, -0.2) is 0 Å². The number of hydrogen-bond donors (Lipinski definition) is 0. The zero-order valence-corrected chi connectivity index (χ0v) is 14.1. The highest BCUT2D eigenvalue weighted by Gasteiger charge is 1.99. The molecule has 0 N–H and O–H groups in total. The fraction of sp³-hybridized carbons (Fsp3) is 0. The Balaban J connectivity index is 1.76. The molecule has 0 atom stereocenters. The molecular formula is C22H15Br. The molecule has 0 heterocycles. The van der Waals surface area contributed by atoms with Crippen molar-refractivity contribution in [1.82, 2.24) is 0 Å². The van der Waals surface area contributed by atoms with Crippen LogP contribution in [0.2, 0.25) is 0 Å². The largest absolute Gasteiger partial charge is 0.0616 e. The van der Waals surface area contributed by atoms with Gasteiger partial charge < -0.3 is 0 Å². The van der Waals surface area contributed by atoms with Gasteiger partial charge in [-0.05, 0) is 56.9 Å². The molecule has 0 aliphatic carbocycles. The lowest BCUT2D eigenvalue weighted by Gasteiger charge is -2.04. The van der Waals surface area contributed by atoms with Crippen molar-refractivity contribution in [2.45, 2.75) is 0 Å². The summed E-state index contributed by atoms with van der Waals surface area (Å²) in [7, 11) is 0. The van der Waals surface area contributed by atoms with E-state index in [1.54, 1.807) is 0 Å². The molecule has 4 aromatic carbocycles. The maximum atomic E-state index is 3.59. The predicted octanol–water partition coefficient (Wildman–Crippen LogP) is 6.93. The Kier molecular flexibility index (Phi) is 3.72. The average molecular weight is 359 g/mol. The van der Waals surface area contributed by atoms with Gasteiger partial charge in [0.15, 0.2) is 0 Å². The van der Waals surface area contributed by atoms with Gasteiger partial charge in [0.2, 0.25) is 0 Å². The van der Waals surface area contributed by atoms with Gasteiger partial charge in [-0.2, -0.15) is 0 Å². The summed E-state index contributed by atoms with van der Waals surface area (Å²) in [4.78, 5) is 0. The third-order valence-electron chi connectivity index (χ3n) is 4.09.